The topological polar surface area (TPSA) is 49.8 Å². The predicted octanol–water partition coefficient (Wildman–Crippen LogP) is 2.46. The number of para-hydroxylation sites is 1. The lowest BCUT2D eigenvalue weighted by Gasteiger charge is -1.86. The Morgan fingerprint density at radius 2 is 2.33 bits per heavy atom. The lowest BCUT2D eigenvalue weighted by atomic mass is 10.3. The summed E-state index contributed by atoms with van der Waals surface area (Å²) >= 11 is 3.31. The van der Waals surface area contributed by atoms with Crippen LogP contribution in [0.25, 0.3) is 11.1 Å². The van der Waals surface area contributed by atoms with Crippen molar-refractivity contribution in [3.8, 4) is 6.07 Å². The summed E-state index contributed by atoms with van der Waals surface area (Å²) in [5, 5.41) is 8.51. The Hall–Kier alpha value is -1.34. The molecule has 1 aromatic heterocycles. The van der Waals surface area contributed by atoms with Crippen molar-refractivity contribution in [3.63, 3.8) is 0 Å². The van der Waals surface area contributed by atoms with Crippen molar-refractivity contribution in [1.29, 1.82) is 5.26 Å². The van der Waals surface area contributed by atoms with Crippen LogP contribution in [0.15, 0.2) is 27.1 Å². The molecule has 0 spiro atoms. The van der Waals surface area contributed by atoms with Crippen molar-refractivity contribution in [1.82, 2.24) is 4.98 Å². The first-order valence-electron chi connectivity index (χ1n) is 3.26. The maximum absolute atomic E-state index is 8.51. The Morgan fingerprint density at radius 1 is 1.50 bits per heavy atom. The Balaban J connectivity index is 2.85. The van der Waals surface area contributed by atoms with Gasteiger partial charge in [-0.3, -0.25) is 0 Å². The van der Waals surface area contributed by atoms with Crippen molar-refractivity contribution in [2.75, 3.05) is 0 Å². The monoisotopic (exact) mass is 222 g/mol. The Labute approximate surface area is 76.8 Å². The van der Waals surface area contributed by atoms with Crippen LogP contribution in [-0.2, 0) is 0 Å². The average molecular weight is 223 g/mol. The summed E-state index contributed by atoms with van der Waals surface area (Å²) in [6, 6.07) is 7.30. The van der Waals surface area contributed by atoms with Gasteiger partial charge in [0.1, 0.15) is 5.52 Å². The fourth-order valence-corrected chi connectivity index (χ4v) is 1.40. The molecule has 0 N–H and O–H groups in total. The maximum Gasteiger partial charge on any atom is 0.301 e. The number of aromatic nitrogens is 1. The highest BCUT2D eigenvalue weighted by Gasteiger charge is 2.06. The van der Waals surface area contributed by atoms with Crippen molar-refractivity contribution in [2.24, 2.45) is 0 Å². The third-order valence-electron chi connectivity index (χ3n) is 1.47. The molecule has 0 amide bonds. The molecule has 0 unspecified atom stereocenters. The highest BCUT2D eigenvalue weighted by Crippen LogP contribution is 2.23. The lowest BCUT2D eigenvalue weighted by molar-refractivity contribution is 0.584. The molecule has 0 aliphatic carbocycles. The van der Waals surface area contributed by atoms with Gasteiger partial charge in [0, 0.05) is 4.47 Å². The first-order valence-corrected chi connectivity index (χ1v) is 4.06. The van der Waals surface area contributed by atoms with Gasteiger partial charge in [-0.05, 0) is 28.1 Å². The molecular formula is C8H3BrN2O. The standard InChI is InChI=1S/C8H3BrN2O/c9-5-2-1-3-6-8(5)11-7(4-10)12-6/h1-3H. The molecule has 0 bridgehead atoms. The van der Waals surface area contributed by atoms with Crippen LogP contribution in [0.5, 0.6) is 0 Å². The van der Waals surface area contributed by atoms with E-state index < -0.39 is 0 Å². The second-order valence-electron chi connectivity index (χ2n) is 2.22. The Kier molecular flexibility index (Phi) is 1.59. The minimum Gasteiger partial charge on any atom is -0.428 e. The zero-order valence-corrected chi connectivity index (χ0v) is 7.50. The normalized spacial score (nSPS) is 10.0. The molecule has 0 radical (unpaired) electrons. The summed E-state index contributed by atoms with van der Waals surface area (Å²) in [4.78, 5) is 3.96. The van der Waals surface area contributed by atoms with Crippen molar-refractivity contribution >= 4 is 27.0 Å². The van der Waals surface area contributed by atoms with Crippen LogP contribution >= 0.6 is 15.9 Å². The second-order valence-corrected chi connectivity index (χ2v) is 3.07. The molecule has 12 heavy (non-hydrogen) atoms. The van der Waals surface area contributed by atoms with E-state index in [1.54, 1.807) is 6.07 Å². The van der Waals surface area contributed by atoms with E-state index in [4.69, 9.17) is 9.68 Å². The lowest BCUT2D eigenvalue weighted by Crippen LogP contribution is -1.71. The maximum atomic E-state index is 8.51. The van der Waals surface area contributed by atoms with Gasteiger partial charge in [0.15, 0.2) is 11.7 Å². The fourth-order valence-electron chi connectivity index (χ4n) is 0.963. The van der Waals surface area contributed by atoms with E-state index in [0.29, 0.717) is 11.1 Å². The largest absolute Gasteiger partial charge is 0.428 e. The summed E-state index contributed by atoms with van der Waals surface area (Å²) in [5.41, 5.74) is 1.31. The fraction of sp³-hybridized carbons (Fsp3) is 0. The van der Waals surface area contributed by atoms with Crippen LogP contribution < -0.4 is 0 Å². The van der Waals surface area contributed by atoms with E-state index in [1.807, 2.05) is 18.2 Å². The molecule has 1 heterocycles. The van der Waals surface area contributed by atoms with Gasteiger partial charge in [-0.25, -0.2) is 0 Å². The first-order chi connectivity index (χ1) is 5.81. The van der Waals surface area contributed by atoms with Crippen molar-refractivity contribution < 1.29 is 4.42 Å². The van der Waals surface area contributed by atoms with Gasteiger partial charge in [0.05, 0.1) is 0 Å². The molecule has 0 atom stereocenters. The number of fused-ring (bicyclic) bond motifs is 1. The van der Waals surface area contributed by atoms with Crippen LogP contribution in [-0.4, -0.2) is 4.98 Å². The minimum atomic E-state index is 0.0944. The highest BCUT2D eigenvalue weighted by molar-refractivity contribution is 9.10. The molecule has 1 aromatic carbocycles. The third-order valence-corrected chi connectivity index (χ3v) is 2.11. The van der Waals surface area contributed by atoms with Crippen LogP contribution in [0.3, 0.4) is 0 Å². The van der Waals surface area contributed by atoms with Crippen LogP contribution in [0.1, 0.15) is 5.89 Å². The molecule has 0 aliphatic rings. The van der Waals surface area contributed by atoms with Crippen LogP contribution in [0.2, 0.25) is 0 Å². The molecule has 0 saturated heterocycles. The number of benzene rings is 1. The van der Waals surface area contributed by atoms with E-state index in [1.165, 1.54) is 0 Å². The van der Waals surface area contributed by atoms with Crippen molar-refractivity contribution in [3.05, 3.63) is 28.6 Å². The molecule has 2 rings (SSSR count). The Morgan fingerprint density at radius 3 is 3.00 bits per heavy atom. The summed E-state index contributed by atoms with van der Waals surface area (Å²) in [5.74, 6) is 0.0944. The van der Waals surface area contributed by atoms with Gasteiger partial charge in [0.25, 0.3) is 0 Å². The SMILES string of the molecule is N#Cc1nc2c(Br)cccc2o1. The first kappa shape index (κ1) is 7.32. The van der Waals surface area contributed by atoms with Crippen molar-refractivity contribution in [2.45, 2.75) is 0 Å². The van der Waals surface area contributed by atoms with E-state index in [-0.39, 0.29) is 5.89 Å². The van der Waals surface area contributed by atoms with Gasteiger partial charge in [-0.15, -0.1) is 0 Å². The molecular weight excluding hydrogens is 220 g/mol. The van der Waals surface area contributed by atoms with E-state index >= 15 is 0 Å². The quantitative estimate of drug-likeness (QED) is 0.689. The zero-order chi connectivity index (χ0) is 8.55. The van der Waals surface area contributed by atoms with Gasteiger partial charge >= 0.3 is 5.89 Å². The molecule has 0 saturated carbocycles. The van der Waals surface area contributed by atoms with Gasteiger partial charge in [-0.2, -0.15) is 10.2 Å². The van der Waals surface area contributed by atoms with Crippen LogP contribution in [0, 0.1) is 11.3 Å². The number of hydrogen-bond acceptors (Lipinski definition) is 3. The second kappa shape index (κ2) is 2.61. The number of nitrogens with zero attached hydrogens (tertiary/aromatic N) is 2. The zero-order valence-electron chi connectivity index (χ0n) is 5.91. The summed E-state index contributed by atoms with van der Waals surface area (Å²) in [6.07, 6.45) is 0. The minimum absolute atomic E-state index is 0.0944. The smallest absolute Gasteiger partial charge is 0.301 e. The van der Waals surface area contributed by atoms with Gasteiger partial charge < -0.3 is 4.42 Å². The summed E-state index contributed by atoms with van der Waals surface area (Å²) < 4.78 is 5.93. The van der Waals surface area contributed by atoms with E-state index in [2.05, 4.69) is 20.9 Å². The molecule has 2 aromatic rings. The van der Waals surface area contributed by atoms with Crippen LogP contribution in [0.4, 0.5) is 0 Å². The number of nitriles is 1. The summed E-state index contributed by atoms with van der Waals surface area (Å²) in [7, 11) is 0. The molecule has 3 nitrogen and oxygen atoms in total. The van der Waals surface area contributed by atoms with E-state index in [9.17, 15) is 0 Å². The number of oxazole rings is 1. The highest BCUT2D eigenvalue weighted by atomic mass is 79.9. The van der Waals surface area contributed by atoms with E-state index in [0.717, 1.165) is 4.47 Å². The van der Waals surface area contributed by atoms with Gasteiger partial charge in [-0.1, -0.05) is 6.07 Å². The number of rotatable bonds is 0. The molecule has 0 aliphatic heterocycles. The molecule has 4 heteroatoms. The predicted molar refractivity (Wildman–Crippen MR) is 46.4 cm³/mol. The number of halogens is 1. The van der Waals surface area contributed by atoms with Gasteiger partial charge in [0.2, 0.25) is 0 Å². The molecule has 0 fully saturated rings. The third kappa shape index (κ3) is 0.990. The molecule has 58 valence electrons. The summed E-state index contributed by atoms with van der Waals surface area (Å²) in [6.45, 7) is 0. The Bertz CT molecular complexity index is 469. The average Bonchev–Trinajstić information content (AvgIpc) is 2.49. The number of hydrogen-bond donors (Lipinski definition) is 0.